The molecule has 0 saturated carbocycles. The Balaban J connectivity index is 1.56. The first-order chi connectivity index (χ1) is 12.2. The number of hydrogen-bond acceptors (Lipinski definition) is 5. The van der Waals surface area contributed by atoms with Crippen LogP contribution < -0.4 is 4.90 Å². The van der Waals surface area contributed by atoms with Crippen molar-refractivity contribution >= 4 is 17.5 Å². The maximum Gasteiger partial charge on any atom is 0.263 e. The highest BCUT2D eigenvalue weighted by Gasteiger charge is 2.54. The Bertz CT molecular complexity index is 832. The number of hydrogen-bond donors (Lipinski definition) is 0. The predicted molar refractivity (Wildman–Crippen MR) is 92.7 cm³/mol. The third-order valence-electron chi connectivity index (χ3n) is 4.65. The van der Waals surface area contributed by atoms with Crippen LogP contribution in [-0.2, 0) is 22.6 Å². The summed E-state index contributed by atoms with van der Waals surface area (Å²) >= 11 is 0. The lowest BCUT2D eigenvalue weighted by Gasteiger charge is -2.20. The van der Waals surface area contributed by atoms with Crippen LogP contribution in [0, 0.1) is 0 Å². The van der Waals surface area contributed by atoms with Gasteiger partial charge in [0.25, 0.3) is 11.8 Å². The van der Waals surface area contributed by atoms with E-state index in [0.717, 1.165) is 12.0 Å². The zero-order valence-electron chi connectivity index (χ0n) is 13.9. The molecule has 126 valence electrons. The van der Waals surface area contributed by atoms with Gasteiger partial charge >= 0.3 is 0 Å². The van der Waals surface area contributed by atoms with Gasteiger partial charge in [-0.25, -0.2) is 4.90 Å². The Kier molecular flexibility index (Phi) is 3.80. The van der Waals surface area contributed by atoms with Crippen LogP contribution in [0.3, 0.4) is 0 Å². The van der Waals surface area contributed by atoms with Gasteiger partial charge in [0.15, 0.2) is 12.1 Å². The molecule has 0 aromatic heterocycles. The van der Waals surface area contributed by atoms with Crippen molar-refractivity contribution in [2.75, 3.05) is 4.90 Å². The van der Waals surface area contributed by atoms with E-state index < -0.39 is 12.1 Å². The van der Waals surface area contributed by atoms with Gasteiger partial charge in [-0.2, -0.15) is 5.11 Å². The van der Waals surface area contributed by atoms with Crippen LogP contribution in [0.4, 0.5) is 5.69 Å². The topological polar surface area (TPSA) is 65.3 Å². The molecule has 0 N–H and O–H groups in total. The summed E-state index contributed by atoms with van der Waals surface area (Å²) in [7, 11) is 0. The lowest BCUT2D eigenvalue weighted by molar-refractivity contribution is -0.123. The summed E-state index contributed by atoms with van der Waals surface area (Å²) in [5.74, 6) is -0.579. The third kappa shape index (κ3) is 2.59. The van der Waals surface area contributed by atoms with Crippen molar-refractivity contribution < 1.29 is 9.59 Å². The Morgan fingerprint density at radius 1 is 0.920 bits per heavy atom. The second-order valence-electron chi connectivity index (χ2n) is 6.21. The summed E-state index contributed by atoms with van der Waals surface area (Å²) in [5, 5.41) is 9.75. The van der Waals surface area contributed by atoms with Gasteiger partial charge in [-0.05, 0) is 29.7 Å². The van der Waals surface area contributed by atoms with Crippen molar-refractivity contribution in [3.8, 4) is 0 Å². The van der Waals surface area contributed by atoms with Crippen LogP contribution in [-0.4, -0.2) is 28.9 Å². The molecular weight excluding hydrogens is 316 g/mol. The normalized spacial score (nSPS) is 22.0. The molecule has 0 bridgehead atoms. The molecule has 0 aliphatic carbocycles. The van der Waals surface area contributed by atoms with Crippen LogP contribution in [0.15, 0.2) is 64.9 Å². The molecular formula is C19H18N4O2. The first-order valence-electron chi connectivity index (χ1n) is 8.37. The summed E-state index contributed by atoms with van der Waals surface area (Å²) < 4.78 is 0. The number of amides is 2. The fourth-order valence-corrected chi connectivity index (χ4v) is 3.25. The molecule has 2 aromatic rings. The molecule has 6 heteroatoms. The van der Waals surface area contributed by atoms with E-state index in [2.05, 4.69) is 29.4 Å². The van der Waals surface area contributed by atoms with Crippen molar-refractivity contribution in [1.82, 2.24) is 5.01 Å². The molecule has 2 heterocycles. The summed E-state index contributed by atoms with van der Waals surface area (Å²) in [6.45, 7) is 2.56. The smallest absolute Gasteiger partial charge is 0.263 e. The molecule has 2 atom stereocenters. The van der Waals surface area contributed by atoms with E-state index in [-0.39, 0.29) is 11.8 Å². The molecule has 25 heavy (non-hydrogen) atoms. The molecule has 1 fully saturated rings. The Labute approximate surface area is 145 Å². The van der Waals surface area contributed by atoms with E-state index in [1.165, 1.54) is 10.5 Å². The zero-order valence-corrected chi connectivity index (χ0v) is 13.9. The lowest BCUT2D eigenvalue weighted by Crippen LogP contribution is -2.39. The van der Waals surface area contributed by atoms with Crippen LogP contribution in [0.2, 0.25) is 0 Å². The summed E-state index contributed by atoms with van der Waals surface area (Å²) in [6, 6.07) is 15.7. The number of carbonyl (C=O) groups excluding carboxylic acids is 2. The van der Waals surface area contributed by atoms with Crippen LogP contribution >= 0.6 is 0 Å². The number of rotatable bonds is 4. The lowest BCUT2D eigenvalue weighted by atomic mass is 10.1. The van der Waals surface area contributed by atoms with E-state index in [4.69, 9.17) is 0 Å². The maximum atomic E-state index is 12.8. The van der Waals surface area contributed by atoms with Gasteiger partial charge in [0.05, 0.1) is 12.2 Å². The van der Waals surface area contributed by atoms with E-state index in [0.29, 0.717) is 12.2 Å². The highest BCUT2D eigenvalue weighted by molar-refractivity contribution is 6.25. The van der Waals surface area contributed by atoms with E-state index in [1.54, 1.807) is 29.3 Å². The average molecular weight is 334 g/mol. The zero-order chi connectivity index (χ0) is 17.4. The molecule has 2 amide bonds. The van der Waals surface area contributed by atoms with Gasteiger partial charge in [-0.3, -0.25) is 14.6 Å². The van der Waals surface area contributed by atoms with E-state index >= 15 is 0 Å². The molecule has 0 unspecified atom stereocenters. The van der Waals surface area contributed by atoms with Crippen molar-refractivity contribution in [1.29, 1.82) is 0 Å². The summed E-state index contributed by atoms with van der Waals surface area (Å²) in [6.07, 6.45) is 0.980. The SMILES string of the molecule is CCc1ccc(CN2N=N[C@H]3C(=O)N(c4ccccc4)C(=O)[C@H]32)cc1. The minimum absolute atomic E-state index is 0.267. The third-order valence-corrected chi connectivity index (χ3v) is 4.65. The van der Waals surface area contributed by atoms with Crippen molar-refractivity contribution in [3.05, 3.63) is 65.7 Å². The molecule has 6 nitrogen and oxygen atoms in total. The molecule has 2 aromatic carbocycles. The molecule has 2 aliphatic heterocycles. The highest BCUT2D eigenvalue weighted by atomic mass is 16.2. The quantitative estimate of drug-likeness (QED) is 0.808. The Hall–Kier alpha value is -3.02. The van der Waals surface area contributed by atoms with Gasteiger partial charge in [-0.15, -0.1) is 0 Å². The second kappa shape index (κ2) is 6.12. The molecule has 0 radical (unpaired) electrons. The monoisotopic (exact) mass is 334 g/mol. The highest BCUT2D eigenvalue weighted by Crippen LogP contribution is 2.32. The van der Waals surface area contributed by atoms with Gasteiger partial charge < -0.3 is 0 Å². The minimum atomic E-state index is -0.748. The largest absolute Gasteiger partial charge is 0.271 e. The molecule has 2 aliphatic rings. The number of nitrogens with zero attached hydrogens (tertiary/aromatic N) is 4. The van der Waals surface area contributed by atoms with Gasteiger partial charge in [-0.1, -0.05) is 54.6 Å². The number of anilines is 1. The van der Waals surface area contributed by atoms with Crippen LogP contribution in [0.25, 0.3) is 0 Å². The number of carbonyl (C=O) groups is 2. The van der Waals surface area contributed by atoms with Gasteiger partial charge in [0, 0.05) is 0 Å². The summed E-state index contributed by atoms with van der Waals surface area (Å²) in [4.78, 5) is 26.7. The first kappa shape index (κ1) is 15.5. The molecule has 0 spiro atoms. The van der Waals surface area contributed by atoms with Gasteiger partial charge in [0.2, 0.25) is 0 Å². The van der Waals surface area contributed by atoms with Gasteiger partial charge in [0.1, 0.15) is 0 Å². The van der Waals surface area contributed by atoms with Crippen LogP contribution in [0.5, 0.6) is 0 Å². The number of benzene rings is 2. The predicted octanol–water partition coefficient (Wildman–Crippen LogP) is 2.74. The average Bonchev–Trinajstić information content (AvgIpc) is 3.17. The first-order valence-corrected chi connectivity index (χ1v) is 8.37. The number of para-hydroxylation sites is 1. The number of imide groups is 1. The Morgan fingerprint density at radius 3 is 2.28 bits per heavy atom. The number of fused-ring (bicyclic) bond motifs is 1. The second-order valence-corrected chi connectivity index (χ2v) is 6.21. The fourth-order valence-electron chi connectivity index (χ4n) is 3.25. The summed E-state index contributed by atoms with van der Waals surface area (Å²) in [5.41, 5.74) is 2.87. The van der Waals surface area contributed by atoms with Crippen LogP contribution in [0.1, 0.15) is 18.1 Å². The Morgan fingerprint density at radius 2 is 1.60 bits per heavy atom. The number of aryl methyl sites for hydroxylation is 1. The van der Waals surface area contributed by atoms with Crippen molar-refractivity contribution in [2.45, 2.75) is 32.0 Å². The standard InChI is InChI=1S/C19H18N4O2/c1-2-13-8-10-14(11-9-13)12-22-17-16(20-21-22)18(24)23(19(17)25)15-6-4-3-5-7-15/h3-11,16-17H,2,12H2,1H3/t16-,17+/m1/s1. The van der Waals surface area contributed by atoms with Crippen molar-refractivity contribution in [3.63, 3.8) is 0 Å². The fraction of sp³-hybridized carbons (Fsp3) is 0.263. The van der Waals surface area contributed by atoms with E-state index in [9.17, 15) is 9.59 Å². The maximum absolute atomic E-state index is 12.8. The molecule has 1 saturated heterocycles. The molecule has 4 rings (SSSR count). The minimum Gasteiger partial charge on any atom is -0.271 e. The van der Waals surface area contributed by atoms with Crippen molar-refractivity contribution in [2.24, 2.45) is 10.3 Å². The van der Waals surface area contributed by atoms with E-state index in [1.807, 2.05) is 18.2 Å².